The van der Waals surface area contributed by atoms with Crippen molar-refractivity contribution in [3.63, 3.8) is 0 Å². The summed E-state index contributed by atoms with van der Waals surface area (Å²) in [5, 5.41) is 2.29. The van der Waals surface area contributed by atoms with Gasteiger partial charge < -0.3 is 9.32 Å². The molecule has 0 atom stereocenters. The van der Waals surface area contributed by atoms with Crippen molar-refractivity contribution in [3.05, 3.63) is 192 Å². The predicted molar refractivity (Wildman–Crippen MR) is 191 cm³/mol. The third-order valence-electron chi connectivity index (χ3n) is 9.79. The molecule has 9 rings (SSSR count). The molecule has 0 fully saturated rings. The lowest BCUT2D eigenvalue weighted by Gasteiger charge is -2.34. The van der Waals surface area contributed by atoms with Crippen LogP contribution in [0, 0.1) is 0 Å². The van der Waals surface area contributed by atoms with Crippen molar-refractivity contribution in [2.24, 2.45) is 0 Å². The van der Waals surface area contributed by atoms with Gasteiger partial charge in [-0.3, -0.25) is 0 Å². The van der Waals surface area contributed by atoms with Crippen molar-refractivity contribution in [1.29, 1.82) is 0 Å². The van der Waals surface area contributed by atoms with Crippen molar-refractivity contribution >= 4 is 33.3 Å². The maximum absolute atomic E-state index is 6.08. The molecule has 1 aliphatic carbocycles. The zero-order valence-corrected chi connectivity index (χ0v) is 25.5. The van der Waals surface area contributed by atoms with Gasteiger partial charge in [0.2, 0.25) is 0 Å². The van der Waals surface area contributed by atoms with Gasteiger partial charge in [-0.2, -0.15) is 0 Å². The molecule has 0 N–H and O–H groups in total. The normalized spacial score (nSPS) is 13.1. The van der Waals surface area contributed by atoms with Gasteiger partial charge in [0, 0.05) is 29.2 Å². The summed E-state index contributed by atoms with van der Waals surface area (Å²) in [4.78, 5) is 2.27. The summed E-state index contributed by atoms with van der Waals surface area (Å²) in [6.07, 6.45) is 0. The van der Waals surface area contributed by atoms with Crippen LogP contribution >= 0.6 is 0 Å². The first-order valence-corrected chi connectivity index (χ1v) is 15.8. The van der Waals surface area contributed by atoms with Crippen LogP contribution in [0.25, 0.3) is 44.2 Å². The number of furan rings is 1. The molecule has 46 heavy (non-hydrogen) atoms. The quantitative estimate of drug-likeness (QED) is 0.199. The lowest BCUT2D eigenvalue weighted by atomic mass is 9.68. The minimum Gasteiger partial charge on any atom is -0.456 e. The first-order chi connectivity index (χ1) is 22.7. The molecule has 8 aromatic rings. The predicted octanol–water partition coefficient (Wildman–Crippen LogP) is 11.4. The molecule has 7 aromatic carbocycles. The zero-order valence-electron chi connectivity index (χ0n) is 25.5. The second kappa shape index (κ2) is 10.4. The van der Waals surface area contributed by atoms with Crippen molar-refractivity contribution in [2.75, 3.05) is 11.9 Å². The van der Waals surface area contributed by atoms with Gasteiger partial charge in [0.25, 0.3) is 0 Å². The van der Waals surface area contributed by atoms with Gasteiger partial charge in [-0.1, -0.05) is 127 Å². The van der Waals surface area contributed by atoms with Crippen molar-refractivity contribution in [3.8, 4) is 22.3 Å². The molecular formula is C44H31NO. The molecule has 1 heterocycles. The summed E-state index contributed by atoms with van der Waals surface area (Å²) in [5.74, 6) is 0. The minimum absolute atomic E-state index is 0.388. The smallest absolute Gasteiger partial charge is 0.135 e. The van der Waals surface area contributed by atoms with E-state index in [1.807, 2.05) is 12.1 Å². The zero-order chi connectivity index (χ0) is 30.7. The van der Waals surface area contributed by atoms with E-state index in [1.54, 1.807) is 0 Å². The van der Waals surface area contributed by atoms with E-state index in [2.05, 4.69) is 170 Å². The van der Waals surface area contributed by atoms with Gasteiger partial charge in [-0.05, 0) is 87.0 Å². The van der Waals surface area contributed by atoms with Crippen molar-refractivity contribution < 1.29 is 4.42 Å². The molecule has 0 spiro atoms. The van der Waals surface area contributed by atoms with E-state index in [0.717, 1.165) is 33.3 Å². The second-order valence-electron chi connectivity index (χ2n) is 12.2. The molecule has 0 radical (unpaired) electrons. The first kappa shape index (κ1) is 26.5. The Morgan fingerprint density at radius 2 is 1.04 bits per heavy atom. The molecular weight excluding hydrogens is 558 g/mol. The fraction of sp³-hybridized carbons (Fsp3) is 0.0455. The highest BCUT2D eigenvalue weighted by atomic mass is 16.3. The van der Waals surface area contributed by atoms with Crippen LogP contribution in [0.15, 0.2) is 174 Å². The number of hydrogen-bond donors (Lipinski definition) is 0. The van der Waals surface area contributed by atoms with Crippen LogP contribution in [0.3, 0.4) is 0 Å². The topological polar surface area (TPSA) is 16.4 Å². The Labute approximate surface area is 268 Å². The van der Waals surface area contributed by atoms with E-state index in [4.69, 9.17) is 4.42 Å². The van der Waals surface area contributed by atoms with E-state index in [1.165, 1.54) is 44.5 Å². The van der Waals surface area contributed by atoms with E-state index in [0.29, 0.717) is 0 Å². The number of anilines is 2. The SMILES string of the molecule is CN(c1ccc(C2(c3ccccc3)c3ccccc3-c3ccccc32)cc1)c1cccc(-c2ccc3oc4ccccc4c3c2)c1. The minimum atomic E-state index is -0.388. The molecule has 0 amide bonds. The highest BCUT2D eigenvalue weighted by Crippen LogP contribution is 2.56. The van der Waals surface area contributed by atoms with Crippen LogP contribution in [-0.2, 0) is 5.41 Å². The van der Waals surface area contributed by atoms with Crippen molar-refractivity contribution in [2.45, 2.75) is 5.41 Å². The maximum Gasteiger partial charge on any atom is 0.135 e. The van der Waals surface area contributed by atoms with E-state index < -0.39 is 0 Å². The van der Waals surface area contributed by atoms with Crippen LogP contribution in [0.4, 0.5) is 11.4 Å². The number of fused-ring (bicyclic) bond motifs is 6. The number of benzene rings is 7. The first-order valence-electron chi connectivity index (χ1n) is 15.8. The molecule has 218 valence electrons. The van der Waals surface area contributed by atoms with Crippen LogP contribution in [-0.4, -0.2) is 7.05 Å². The van der Waals surface area contributed by atoms with Gasteiger partial charge in [0.05, 0.1) is 5.41 Å². The molecule has 2 heteroatoms. The van der Waals surface area contributed by atoms with Crippen LogP contribution in [0.5, 0.6) is 0 Å². The van der Waals surface area contributed by atoms with Crippen molar-refractivity contribution in [1.82, 2.24) is 0 Å². The molecule has 0 saturated heterocycles. The monoisotopic (exact) mass is 589 g/mol. The maximum atomic E-state index is 6.08. The Hall–Kier alpha value is -5.86. The Morgan fingerprint density at radius 3 is 1.80 bits per heavy atom. The van der Waals surface area contributed by atoms with Crippen LogP contribution < -0.4 is 4.90 Å². The highest BCUT2D eigenvalue weighted by Gasteiger charge is 2.45. The average Bonchev–Trinajstić information content (AvgIpc) is 3.65. The molecule has 0 aliphatic heterocycles. The summed E-state index contributed by atoms with van der Waals surface area (Å²) in [7, 11) is 2.15. The highest BCUT2D eigenvalue weighted by molar-refractivity contribution is 6.06. The molecule has 1 aromatic heterocycles. The number of rotatable bonds is 5. The molecule has 0 bridgehead atoms. The van der Waals surface area contributed by atoms with E-state index in [9.17, 15) is 0 Å². The van der Waals surface area contributed by atoms with Gasteiger partial charge in [-0.25, -0.2) is 0 Å². The Kier molecular flexibility index (Phi) is 5.97. The standard InChI is InChI=1S/C44H31NO/c1-45(35-15-11-12-30(28-35)31-22-27-43-39(29-31)38-18-7-10-21-42(38)46-43)34-25-23-33(24-26-34)44(32-13-3-2-4-14-32)40-19-8-5-16-36(40)37-17-6-9-20-41(37)44/h2-29H,1H3. The fourth-order valence-corrected chi connectivity index (χ4v) is 7.60. The summed E-state index contributed by atoms with van der Waals surface area (Å²) in [6, 6.07) is 61.4. The van der Waals surface area contributed by atoms with Gasteiger partial charge in [0.15, 0.2) is 0 Å². The number of para-hydroxylation sites is 1. The third kappa shape index (κ3) is 3.90. The molecule has 1 aliphatic rings. The summed E-state index contributed by atoms with van der Waals surface area (Å²) >= 11 is 0. The van der Waals surface area contributed by atoms with E-state index in [-0.39, 0.29) is 5.41 Å². The number of hydrogen-bond acceptors (Lipinski definition) is 2. The Morgan fingerprint density at radius 1 is 0.435 bits per heavy atom. The Balaban J connectivity index is 1.11. The summed E-state index contributed by atoms with van der Waals surface area (Å²) in [5.41, 5.74) is 13.9. The Bertz CT molecular complexity index is 2340. The lowest BCUT2D eigenvalue weighted by Crippen LogP contribution is -2.28. The third-order valence-corrected chi connectivity index (χ3v) is 9.79. The average molecular weight is 590 g/mol. The van der Waals surface area contributed by atoms with Gasteiger partial charge in [0.1, 0.15) is 11.2 Å². The summed E-state index contributed by atoms with van der Waals surface area (Å²) < 4.78 is 6.08. The van der Waals surface area contributed by atoms with Gasteiger partial charge in [-0.15, -0.1) is 0 Å². The lowest BCUT2D eigenvalue weighted by molar-refractivity contribution is 0.669. The number of nitrogens with zero attached hydrogens (tertiary/aromatic N) is 1. The largest absolute Gasteiger partial charge is 0.456 e. The van der Waals surface area contributed by atoms with Crippen LogP contribution in [0.2, 0.25) is 0 Å². The van der Waals surface area contributed by atoms with E-state index >= 15 is 0 Å². The second-order valence-corrected chi connectivity index (χ2v) is 12.2. The molecule has 2 nitrogen and oxygen atoms in total. The van der Waals surface area contributed by atoms with Crippen LogP contribution in [0.1, 0.15) is 22.3 Å². The molecule has 0 unspecified atom stereocenters. The fourth-order valence-electron chi connectivity index (χ4n) is 7.60. The molecule has 0 saturated carbocycles. The summed E-state index contributed by atoms with van der Waals surface area (Å²) in [6.45, 7) is 0. The van der Waals surface area contributed by atoms with Gasteiger partial charge >= 0.3 is 0 Å².